The van der Waals surface area contributed by atoms with Crippen LogP contribution in [0.1, 0.15) is 11.1 Å². The highest BCUT2D eigenvalue weighted by atomic mass is 79.9. The number of halogens is 1. The lowest BCUT2D eigenvalue weighted by molar-refractivity contribution is -0.127. The molecule has 0 saturated carbocycles. The van der Waals surface area contributed by atoms with Gasteiger partial charge in [0.2, 0.25) is 5.91 Å². The summed E-state index contributed by atoms with van der Waals surface area (Å²) in [6, 6.07) is 14.0. The molecular weight excluding hydrogens is 398 g/mol. The summed E-state index contributed by atoms with van der Waals surface area (Å²) in [6.07, 6.45) is 1.57. The number of hydrogen-bond donors (Lipinski definition) is 2. The summed E-state index contributed by atoms with van der Waals surface area (Å²) < 4.78 is 0.859. The highest BCUT2D eigenvalue weighted by Crippen LogP contribution is 2.17. The predicted molar refractivity (Wildman–Crippen MR) is 102 cm³/mol. The second-order valence-corrected chi connectivity index (χ2v) is 6.77. The van der Waals surface area contributed by atoms with Crippen molar-refractivity contribution >= 4 is 45.5 Å². The first-order valence-corrected chi connectivity index (χ1v) is 8.68. The normalized spacial score (nSPS) is 15.3. The first kappa shape index (κ1) is 17.9. The molecule has 2 aromatic carbocycles. The van der Waals surface area contributed by atoms with Crippen LogP contribution in [0, 0.1) is 6.92 Å². The number of nitrogens with one attached hydrogen (secondary N) is 2. The molecule has 0 aliphatic carbocycles. The summed E-state index contributed by atoms with van der Waals surface area (Å²) in [5.74, 6) is -0.975. The number of nitrogens with zero attached hydrogens (tertiary/aromatic N) is 1. The predicted octanol–water partition coefficient (Wildman–Crippen LogP) is 3.29. The van der Waals surface area contributed by atoms with Gasteiger partial charge >= 0.3 is 6.03 Å². The molecule has 6 nitrogen and oxygen atoms in total. The molecular formula is C19H16BrN3O3. The molecule has 1 saturated heterocycles. The maximum absolute atomic E-state index is 12.4. The average molecular weight is 414 g/mol. The molecule has 4 amide bonds. The minimum Gasteiger partial charge on any atom is -0.325 e. The summed E-state index contributed by atoms with van der Waals surface area (Å²) in [7, 11) is 0. The third kappa shape index (κ3) is 4.18. The van der Waals surface area contributed by atoms with Crippen LogP contribution in [0.2, 0.25) is 0 Å². The second kappa shape index (κ2) is 7.53. The Hall–Kier alpha value is -2.93. The van der Waals surface area contributed by atoms with Crippen LogP contribution in [-0.2, 0) is 9.59 Å². The minimum absolute atomic E-state index is 0.136. The Bertz CT molecular complexity index is 924. The maximum atomic E-state index is 12.4. The van der Waals surface area contributed by atoms with Gasteiger partial charge in [0.1, 0.15) is 12.2 Å². The Balaban J connectivity index is 1.70. The van der Waals surface area contributed by atoms with Crippen molar-refractivity contribution in [2.75, 3.05) is 11.9 Å². The zero-order valence-electron chi connectivity index (χ0n) is 14.0. The van der Waals surface area contributed by atoms with Gasteiger partial charge < -0.3 is 10.6 Å². The topological polar surface area (TPSA) is 78.5 Å². The van der Waals surface area contributed by atoms with Crippen molar-refractivity contribution in [3.05, 3.63) is 69.8 Å². The molecule has 1 fully saturated rings. The van der Waals surface area contributed by atoms with Crippen molar-refractivity contribution in [2.45, 2.75) is 6.92 Å². The molecule has 3 rings (SSSR count). The van der Waals surface area contributed by atoms with E-state index in [1.54, 1.807) is 12.1 Å². The average Bonchev–Trinajstić information content (AvgIpc) is 2.82. The van der Waals surface area contributed by atoms with Crippen molar-refractivity contribution in [2.24, 2.45) is 0 Å². The summed E-state index contributed by atoms with van der Waals surface area (Å²) in [4.78, 5) is 37.5. The molecule has 0 atom stereocenters. The van der Waals surface area contributed by atoms with Gasteiger partial charge in [-0.2, -0.15) is 0 Å². The third-order valence-corrected chi connectivity index (χ3v) is 4.22. The number of aryl methyl sites for hydroxylation is 1. The maximum Gasteiger partial charge on any atom is 0.329 e. The van der Waals surface area contributed by atoms with Gasteiger partial charge in [-0.1, -0.05) is 40.2 Å². The molecule has 1 aliphatic heterocycles. The standard InChI is InChI=1S/C19H16BrN3O3/c1-12-4-2-7-15(8-12)21-17(24)11-23-18(25)16(22-19(23)26)10-13-5-3-6-14(20)9-13/h2-10H,11H2,1H3,(H,21,24)(H,22,26)/b16-10+. The van der Waals surface area contributed by atoms with E-state index in [4.69, 9.17) is 0 Å². The van der Waals surface area contributed by atoms with Crippen LogP contribution < -0.4 is 10.6 Å². The van der Waals surface area contributed by atoms with E-state index in [1.807, 2.05) is 49.4 Å². The highest BCUT2D eigenvalue weighted by molar-refractivity contribution is 9.10. The van der Waals surface area contributed by atoms with Gasteiger partial charge in [0.15, 0.2) is 0 Å². The molecule has 2 N–H and O–H groups in total. The van der Waals surface area contributed by atoms with E-state index in [9.17, 15) is 14.4 Å². The fourth-order valence-electron chi connectivity index (χ4n) is 2.55. The monoisotopic (exact) mass is 413 g/mol. The van der Waals surface area contributed by atoms with Crippen LogP contribution in [0.25, 0.3) is 6.08 Å². The number of urea groups is 1. The molecule has 1 aliphatic rings. The molecule has 132 valence electrons. The van der Waals surface area contributed by atoms with Crippen LogP contribution in [0.15, 0.2) is 58.7 Å². The van der Waals surface area contributed by atoms with E-state index in [2.05, 4.69) is 26.6 Å². The van der Waals surface area contributed by atoms with E-state index < -0.39 is 17.8 Å². The van der Waals surface area contributed by atoms with Gasteiger partial charge in [-0.25, -0.2) is 9.69 Å². The zero-order valence-corrected chi connectivity index (χ0v) is 15.5. The van der Waals surface area contributed by atoms with Crippen LogP contribution in [0.3, 0.4) is 0 Å². The lowest BCUT2D eigenvalue weighted by Crippen LogP contribution is -2.38. The summed E-state index contributed by atoms with van der Waals surface area (Å²) in [6.45, 7) is 1.56. The van der Waals surface area contributed by atoms with Crippen LogP contribution in [0.4, 0.5) is 10.5 Å². The Kier molecular flexibility index (Phi) is 5.18. The van der Waals surface area contributed by atoms with Crippen molar-refractivity contribution < 1.29 is 14.4 Å². The molecule has 0 unspecified atom stereocenters. The minimum atomic E-state index is -0.615. The van der Waals surface area contributed by atoms with Gasteiger partial charge in [0.05, 0.1) is 0 Å². The summed E-state index contributed by atoms with van der Waals surface area (Å²) in [5, 5.41) is 5.19. The number of rotatable bonds is 4. The Morgan fingerprint density at radius 3 is 2.69 bits per heavy atom. The molecule has 0 radical (unpaired) electrons. The van der Waals surface area contributed by atoms with Crippen molar-refractivity contribution in [3.63, 3.8) is 0 Å². The number of carbonyl (C=O) groups is 3. The SMILES string of the molecule is Cc1cccc(NC(=O)CN2C(=O)N/C(=C/c3cccc(Br)c3)C2=O)c1. The Morgan fingerprint density at radius 1 is 1.19 bits per heavy atom. The van der Waals surface area contributed by atoms with Crippen LogP contribution in [-0.4, -0.2) is 29.3 Å². The third-order valence-electron chi connectivity index (χ3n) is 3.73. The second-order valence-electron chi connectivity index (χ2n) is 5.85. The molecule has 1 heterocycles. The number of benzene rings is 2. The first-order chi connectivity index (χ1) is 12.4. The smallest absolute Gasteiger partial charge is 0.325 e. The Labute approximate surface area is 159 Å². The largest absolute Gasteiger partial charge is 0.329 e. The number of amides is 4. The number of anilines is 1. The number of carbonyl (C=O) groups excluding carboxylic acids is 3. The van der Waals surface area contributed by atoms with Crippen molar-refractivity contribution in [1.29, 1.82) is 0 Å². The van der Waals surface area contributed by atoms with Crippen LogP contribution >= 0.6 is 15.9 Å². The van der Waals surface area contributed by atoms with Gasteiger partial charge in [-0.3, -0.25) is 9.59 Å². The molecule has 7 heteroatoms. The summed E-state index contributed by atoms with van der Waals surface area (Å²) in [5.41, 5.74) is 2.51. The number of imide groups is 1. The quantitative estimate of drug-likeness (QED) is 0.596. The van der Waals surface area contributed by atoms with E-state index >= 15 is 0 Å². The van der Waals surface area contributed by atoms with Crippen molar-refractivity contribution in [1.82, 2.24) is 10.2 Å². The van der Waals surface area contributed by atoms with E-state index in [1.165, 1.54) is 0 Å². The lowest BCUT2D eigenvalue weighted by atomic mass is 10.2. The molecule has 0 spiro atoms. The fourth-order valence-corrected chi connectivity index (χ4v) is 2.96. The summed E-state index contributed by atoms with van der Waals surface area (Å²) >= 11 is 3.35. The fraction of sp³-hybridized carbons (Fsp3) is 0.105. The Morgan fingerprint density at radius 2 is 1.96 bits per heavy atom. The number of hydrogen-bond acceptors (Lipinski definition) is 3. The highest BCUT2D eigenvalue weighted by Gasteiger charge is 2.34. The molecule has 2 aromatic rings. The van der Waals surface area contributed by atoms with E-state index in [0.717, 1.165) is 20.5 Å². The van der Waals surface area contributed by atoms with Crippen molar-refractivity contribution in [3.8, 4) is 0 Å². The van der Waals surface area contributed by atoms with Gasteiger partial charge in [0.25, 0.3) is 5.91 Å². The molecule has 0 aromatic heterocycles. The van der Waals surface area contributed by atoms with E-state index in [0.29, 0.717) is 5.69 Å². The molecule has 26 heavy (non-hydrogen) atoms. The first-order valence-electron chi connectivity index (χ1n) is 7.89. The lowest BCUT2D eigenvalue weighted by Gasteiger charge is -2.12. The zero-order chi connectivity index (χ0) is 18.7. The van der Waals surface area contributed by atoms with E-state index in [-0.39, 0.29) is 12.2 Å². The van der Waals surface area contributed by atoms with Gasteiger partial charge in [-0.05, 0) is 48.4 Å². The van der Waals surface area contributed by atoms with Crippen LogP contribution in [0.5, 0.6) is 0 Å². The van der Waals surface area contributed by atoms with Gasteiger partial charge in [-0.15, -0.1) is 0 Å². The molecule has 0 bridgehead atoms. The van der Waals surface area contributed by atoms with Gasteiger partial charge in [0, 0.05) is 10.2 Å².